The number of aromatic amines is 1. The summed E-state index contributed by atoms with van der Waals surface area (Å²) in [6, 6.07) is 9.62. The zero-order valence-electron chi connectivity index (χ0n) is 15.9. The van der Waals surface area contributed by atoms with Crippen molar-refractivity contribution in [3.05, 3.63) is 54.1 Å². The molecule has 1 fully saturated rings. The Morgan fingerprint density at radius 3 is 3.07 bits per heavy atom. The number of aromatic nitrogens is 3. The molecule has 1 atom stereocenters. The second-order valence-corrected chi connectivity index (χ2v) is 6.91. The van der Waals surface area contributed by atoms with E-state index in [9.17, 15) is 4.79 Å². The molecule has 1 saturated heterocycles. The Hall–Kier alpha value is -3.84. The third-order valence-electron chi connectivity index (χ3n) is 4.93. The van der Waals surface area contributed by atoms with Gasteiger partial charge in [0.25, 0.3) is 0 Å². The second kappa shape index (κ2) is 8.45. The molecule has 1 aliphatic heterocycles. The number of fused-ring (bicyclic) bond motifs is 1. The number of rotatable bonds is 3. The fraction of sp³-hybridized carbons (Fsp3) is 0.273. The van der Waals surface area contributed by atoms with Gasteiger partial charge >= 0.3 is 0 Å². The van der Waals surface area contributed by atoms with Crippen LogP contribution >= 0.6 is 0 Å². The van der Waals surface area contributed by atoms with Crippen LogP contribution in [0.2, 0.25) is 0 Å². The molecule has 0 aliphatic carbocycles. The van der Waals surface area contributed by atoms with E-state index < -0.39 is 0 Å². The van der Waals surface area contributed by atoms with Crippen molar-refractivity contribution in [1.82, 2.24) is 19.9 Å². The molecule has 4 rings (SSSR count). The SMILES string of the molecule is N#CCC(=O)N1CCCC(Nc2c(C#Cc3ccccn3)cnc3[nH]ccc23)C1. The molecule has 7 nitrogen and oxygen atoms in total. The first-order chi connectivity index (χ1) is 14.2. The van der Waals surface area contributed by atoms with Gasteiger partial charge in [0.2, 0.25) is 5.91 Å². The van der Waals surface area contributed by atoms with E-state index in [1.165, 1.54) is 0 Å². The zero-order chi connectivity index (χ0) is 20.1. The van der Waals surface area contributed by atoms with Gasteiger partial charge in [-0.1, -0.05) is 12.0 Å². The van der Waals surface area contributed by atoms with Gasteiger partial charge in [0.15, 0.2) is 0 Å². The van der Waals surface area contributed by atoms with E-state index >= 15 is 0 Å². The van der Waals surface area contributed by atoms with Crippen LogP contribution in [0.4, 0.5) is 5.69 Å². The molecule has 0 aromatic carbocycles. The minimum atomic E-state index is -0.115. The molecule has 0 radical (unpaired) electrons. The summed E-state index contributed by atoms with van der Waals surface area (Å²) >= 11 is 0. The summed E-state index contributed by atoms with van der Waals surface area (Å²) < 4.78 is 0. The molecule has 1 amide bonds. The van der Waals surface area contributed by atoms with Crippen LogP contribution in [0.5, 0.6) is 0 Å². The number of likely N-dealkylation sites (tertiary alicyclic amines) is 1. The van der Waals surface area contributed by atoms with E-state index in [2.05, 4.69) is 32.1 Å². The standard InChI is InChI=1S/C22H20N6O/c23-10-8-20(29)28-13-3-5-18(15-28)27-21-16(6-7-17-4-1-2-11-24-17)14-26-22-19(21)9-12-25-22/h1-2,4,9,11-12,14,18H,3,5,8,13,15H2,(H2,25,26,27). The lowest BCUT2D eigenvalue weighted by molar-refractivity contribution is -0.131. The first kappa shape index (κ1) is 18.5. The third kappa shape index (κ3) is 4.20. The molecule has 0 spiro atoms. The van der Waals surface area contributed by atoms with Crippen LogP contribution in [0, 0.1) is 23.2 Å². The highest BCUT2D eigenvalue weighted by atomic mass is 16.2. The van der Waals surface area contributed by atoms with E-state index in [0.29, 0.717) is 18.8 Å². The molecule has 0 saturated carbocycles. The van der Waals surface area contributed by atoms with E-state index in [0.717, 1.165) is 35.1 Å². The average molecular weight is 384 g/mol. The van der Waals surface area contributed by atoms with Crippen molar-refractivity contribution in [1.29, 1.82) is 5.26 Å². The molecular formula is C22H20N6O. The normalized spacial score (nSPS) is 16.0. The molecule has 3 aromatic heterocycles. The number of nitriles is 1. The van der Waals surface area contributed by atoms with Crippen molar-refractivity contribution in [3.8, 4) is 17.9 Å². The van der Waals surface area contributed by atoms with Crippen LogP contribution in [-0.2, 0) is 4.79 Å². The summed E-state index contributed by atoms with van der Waals surface area (Å²) in [6.45, 7) is 1.27. The van der Waals surface area contributed by atoms with Crippen molar-refractivity contribution in [3.63, 3.8) is 0 Å². The molecule has 29 heavy (non-hydrogen) atoms. The van der Waals surface area contributed by atoms with Crippen LogP contribution in [0.15, 0.2) is 42.9 Å². The van der Waals surface area contributed by atoms with E-state index in [1.54, 1.807) is 17.3 Å². The smallest absolute Gasteiger partial charge is 0.236 e. The molecule has 144 valence electrons. The summed E-state index contributed by atoms with van der Waals surface area (Å²) in [5.74, 6) is 6.15. The van der Waals surface area contributed by atoms with Crippen molar-refractivity contribution in [2.24, 2.45) is 0 Å². The van der Waals surface area contributed by atoms with Gasteiger partial charge in [0.1, 0.15) is 17.8 Å². The summed E-state index contributed by atoms with van der Waals surface area (Å²) in [6.07, 6.45) is 7.07. The molecule has 7 heteroatoms. The van der Waals surface area contributed by atoms with E-state index in [-0.39, 0.29) is 18.4 Å². The number of carbonyl (C=O) groups excluding carboxylic acids is 1. The Morgan fingerprint density at radius 1 is 1.31 bits per heavy atom. The van der Waals surface area contributed by atoms with E-state index in [1.807, 2.05) is 36.5 Å². The number of hydrogen-bond acceptors (Lipinski definition) is 5. The molecule has 4 heterocycles. The van der Waals surface area contributed by atoms with Gasteiger partial charge in [0.05, 0.1) is 17.3 Å². The lowest BCUT2D eigenvalue weighted by Gasteiger charge is -2.33. The van der Waals surface area contributed by atoms with Crippen LogP contribution in [0.25, 0.3) is 11.0 Å². The van der Waals surface area contributed by atoms with Crippen molar-refractivity contribution < 1.29 is 4.79 Å². The van der Waals surface area contributed by atoms with E-state index in [4.69, 9.17) is 5.26 Å². The van der Waals surface area contributed by atoms with Crippen molar-refractivity contribution >= 4 is 22.6 Å². The van der Waals surface area contributed by atoms with Gasteiger partial charge in [-0.05, 0) is 37.0 Å². The third-order valence-corrected chi connectivity index (χ3v) is 4.93. The highest BCUT2D eigenvalue weighted by Gasteiger charge is 2.24. The molecule has 3 aromatic rings. The summed E-state index contributed by atoms with van der Waals surface area (Å²) in [7, 11) is 0. The van der Waals surface area contributed by atoms with Crippen LogP contribution < -0.4 is 5.32 Å². The Labute approximate surface area is 168 Å². The van der Waals surface area contributed by atoms with Crippen LogP contribution in [-0.4, -0.2) is 44.9 Å². The average Bonchev–Trinajstić information content (AvgIpc) is 3.23. The number of amides is 1. The van der Waals surface area contributed by atoms with Crippen molar-refractivity contribution in [2.45, 2.75) is 25.3 Å². The second-order valence-electron chi connectivity index (χ2n) is 6.91. The molecule has 2 N–H and O–H groups in total. The van der Waals surface area contributed by atoms with Gasteiger partial charge in [-0.3, -0.25) is 4.79 Å². The number of carbonyl (C=O) groups is 1. The lowest BCUT2D eigenvalue weighted by atomic mass is 10.0. The fourth-order valence-electron chi connectivity index (χ4n) is 3.53. The Balaban J connectivity index is 1.62. The fourth-order valence-corrected chi connectivity index (χ4v) is 3.53. The summed E-state index contributed by atoms with van der Waals surface area (Å²) in [5.41, 5.74) is 3.16. The van der Waals surface area contributed by atoms with Crippen LogP contribution in [0.3, 0.4) is 0 Å². The minimum absolute atomic E-state index is 0.0785. The first-order valence-corrected chi connectivity index (χ1v) is 9.55. The number of anilines is 1. The monoisotopic (exact) mass is 384 g/mol. The van der Waals surface area contributed by atoms with Gasteiger partial charge < -0.3 is 15.2 Å². The van der Waals surface area contributed by atoms with Gasteiger partial charge in [0, 0.05) is 43.1 Å². The number of hydrogen-bond donors (Lipinski definition) is 2. The van der Waals surface area contributed by atoms with Crippen LogP contribution in [0.1, 0.15) is 30.5 Å². The predicted molar refractivity (Wildman–Crippen MR) is 110 cm³/mol. The van der Waals surface area contributed by atoms with Gasteiger partial charge in [-0.15, -0.1) is 0 Å². The molecule has 0 bridgehead atoms. The number of pyridine rings is 2. The number of nitrogens with one attached hydrogen (secondary N) is 2. The van der Waals surface area contributed by atoms with Gasteiger partial charge in [-0.2, -0.15) is 5.26 Å². The largest absolute Gasteiger partial charge is 0.379 e. The Morgan fingerprint density at radius 2 is 2.24 bits per heavy atom. The maximum Gasteiger partial charge on any atom is 0.236 e. The van der Waals surface area contributed by atoms with Gasteiger partial charge in [-0.25, -0.2) is 9.97 Å². The highest BCUT2D eigenvalue weighted by Crippen LogP contribution is 2.27. The quantitative estimate of drug-likeness (QED) is 0.677. The number of nitrogens with zero attached hydrogens (tertiary/aromatic N) is 4. The first-order valence-electron chi connectivity index (χ1n) is 9.55. The number of H-pyrrole nitrogens is 1. The Bertz CT molecular complexity index is 1120. The highest BCUT2D eigenvalue weighted by molar-refractivity contribution is 5.92. The minimum Gasteiger partial charge on any atom is -0.379 e. The molecule has 1 unspecified atom stereocenters. The summed E-state index contributed by atoms with van der Waals surface area (Å²) in [4.78, 5) is 25.7. The predicted octanol–water partition coefficient (Wildman–Crippen LogP) is 2.67. The summed E-state index contributed by atoms with van der Waals surface area (Å²) in [5, 5.41) is 13.3. The maximum absolute atomic E-state index is 12.1. The Kier molecular flexibility index (Phi) is 5.40. The number of piperidine rings is 1. The maximum atomic E-state index is 12.1. The van der Waals surface area contributed by atoms with Crippen molar-refractivity contribution in [2.75, 3.05) is 18.4 Å². The lowest BCUT2D eigenvalue weighted by Crippen LogP contribution is -2.45. The molecule has 1 aliphatic rings. The molecular weight excluding hydrogens is 364 g/mol. The topological polar surface area (TPSA) is 97.7 Å². The zero-order valence-corrected chi connectivity index (χ0v) is 15.9.